The summed E-state index contributed by atoms with van der Waals surface area (Å²) in [5.41, 5.74) is 1.70. The molecule has 14 heavy (non-hydrogen) atoms. The molecule has 3 nitrogen and oxygen atoms in total. The van der Waals surface area contributed by atoms with Crippen LogP contribution in [0.3, 0.4) is 0 Å². The molecule has 0 saturated carbocycles. The minimum Gasteiger partial charge on any atom is -0.340 e. The van der Waals surface area contributed by atoms with E-state index >= 15 is 0 Å². The molecule has 0 aromatic carbocycles. The van der Waals surface area contributed by atoms with E-state index in [0.717, 1.165) is 21.7 Å². The molecule has 0 spiro atoms. The largest absolute Gasteiger partial charge is 0.340 e. The maximum atomic E-state index is 5.65. The van der Waals surface area contributed by atoms with Crippen LogP contribution in [0.5, 0.6) is 0 Å². The highest BCUT2D eigenvalue weighted by molar-refractivity contribution is 9.10. The molecule has 72 valence electrons. The van der Waals surface area contributed by atoms with Gasteiger partial charge in [0.05, 0.1) is 5.88 Å². The van der Waals surface area contributed by atoms with E-state index in [1.54, 1.807) is 12.4 Å². The zero-order valence-corrected chi connectivity index (χ0v) is 9.51. The van der Waals surface area contributed by atoms with Gasteiger partial charge in [-0.3, -0.25) is 4.98 Å². The molecule has 2 aromatic rings. The van der Waals surface area contributed by atoms with Crippen molar-refractivity contribution in [2.75, 3.05) is 0 Å². The van der Waals surface area contributed by atoms with E-state index in [1.165, 1.54) is 0 Å². The molecule has 2 heterocycles. The number of H-pyrrole nitrogens is 1. The number of hydrogen-bond acceptors (Lipinski definition) is 2. The Labute approximate surface area is 94.7 Å². The summed E-state index contributed by atoms with van der Waals surface area (Å²) in [6.07, 6.45) is 3.45. The fourth-order valence-corrected chi connectivity index (χ4v) is 1.44. The van der Waals surface area contributed by atoms with Gasteiger partial charge < -0.3 is 4.98 Å². The van der Waals surface area contributed by atoms with E-state index < -0.39 is 0 Å². The summed E-state index contributed by atoms with van der Waals surface area (Å²) in [6, 6.07) is 3.81. The first-order chi connectivity index (χ1) is 6.79. The number of pyridine rings is 1. The number of aromatic amines is 1. The molecule has 2 aromatic heterocycles. The maximum absolute atomic E-state index is 5.65. The van der Waals surface area contributed by atoms with Crippen molar-refractivity contribution in [3.63, 3.8) is 0 Å². The van der Waals surface area contributed by atoms with Crippen LogP contribution in [0.15, 0.2) is 29.0 Å². The lowest BCUT2D eigenvalue weighted by molar-refractivity contribution is 1.19. The average molecular weight is 273 g/mol. The number of imidazole rings is 1. The average Bonchev–Trinajstić information content (AvgIpc) is 2.67. The minimum absolute atomic E-state index is 0.434. The van der Waals surface area contributed by atoms with Gasteiger partial charge in [0.1, 0.15) is 5.69 Å². The van der Waals surface area contributed by atoms with Crippen LogP contribution in [0.1, 0.15) is 5.69 Å². The Morgan fingerprint density at radius 3 is 2.71 bits per heavy atom. The molecular weight excluding hydrogens is 265 g/mol. The second-order valence-electron chi connectivity index (χ2n) is 2.75. The summed E-state index contributed by atoms with van der Waals surface area (Å²) in [6.45, 7) is 0. The molecule has 0 saturated heterocycles. The first-order valence-corrected chi connectivity index (χ1v) is 5.34. The lowest BCUT2D eigenvalue weighted by Crippen LogP contribution is -1.85. The standard InChI is InChI=1S/C9H7BrClN3/c10-6-1-2-8(12-4-6)9-13-5-7(3-11)14-9/h1-2,4-5H,3H2,(H,13,14). The van der Waals surface area contributed by atoms with E-state index in [1.807, 2.05) is 12.1 Å². The predicted molar refractivity (Wildman–Crippen MR) is 59.1 cm³/mol. The van der Waals surface area contributed by atoms with Gasteiger partial charge >= 0.3 is 0 Å². The van der Waals surface area contributed by atoms with Crippen LogP contribution in [0, 0.1) is 0 Å². The highest BCUT2D eigenvalue weighted by atomic mass is 79.9. The van der Waals surface area contributed by atoms with Crippen molar-refractivity contribution in [3.05, 3.63) is 34.7 Å². The predicted octanol–water partition coefficient (Wildman–Crippen LogP) is 2.97. The fraction of sp³-hybridized carbons (Fsp3) is 0.111. The number of nitrogens with one attached hydrogen (secondary N) is 1. The number of alkyl halides is 1. The normalized spacial score (nSPS) is 10.4. The van der Waals surface area contributed by atoms with Gasteiger partial charge in [0, 0.05) is 22.6 Å². The summed E-state index contributed by atoms with van der Waals surface area (Å²) in [7, 11) is 0. The summed E-state index contributed by atoms with van der Waals surface area (Å²) < 4.78 is 0.949. The summed E-state index contributed by atoms with van der Waals surface area (Å²) >= 11 is 8.98. The minimum atomic E-state index is 0.434. The summed E-state index contributed by atoms with van der Waals surface area (Å²) in [4.78, 5) is 11.5. The monoisotopic (exact) mass is 271 g/mol. The van der Waals surface area contributed by atoms with E-state index in [2.05, 4.69) is 30.9 Å². The number of aromatic nitrogens is 3. The Morgan fingerprint density at radius 1 is 1.29 bits per heavy atom. The van der Waals surface area contributed by atoms with Crippen LogP contribution in [-0.4, -0.2) is 15.0 Å². The zero-order chi connectivity index (χ0) is 9.97. The topological polar surface area (TPSA) is 41.6 Å². The number of rotatable bonds is 2. The van der Waals surface area contributed by atoms with E-state index in [-0.39, 0.29) is 0 Å². The Morgan fingerprint density at radius 2 is 2.14 bits per heavy atom. The maximum Gasteiger partial charge on any atom is 0.156 e. The molecule has 0 aliphatic heterocycles. The van der Waals surface area contributed by atoms with Gasteiger partial charge in [0.15, 0.2) is 5.82 Å². The molecule has 0 bridgehead atoms. The zero-order valence-electron chi connectivity index (χ0n) is 7.17. The second kappa shape index (κ2) is 4.11. The van der Waals surface area contributed by atoms with Gasteiger partial charge in [-0.25, -0.2) is 4.98 Å². The first-order valence-electron chi connectivity index (χ1n) is 4.01. The van der Waals surface area contributed by atoms with Crippen LogP contribution in [-0.2, 0) is 5.88 Å². The van der Waals surface area contributed by atoms with Crippen molar-refractivity contribution in [2.45, 2.75) is 5.88 Å². The first kappa shape index (κ1) is 9.68. The smallest absolute Gasteiger partial charge is 0.156 e. The number of hydrogen-bond donors (Lipinski definition) is 1. The molecule has 0 amide bonds. The Kier molecular flexibility index (Phi) is 2.84. The SMILES string of the molecule is ClCc1cnc(-c2ccc(Br)cn2)[nH]1. The lowest BCUT2D eigenvalue weighted by Gasteiger charge is -1.95. The molecule has 0 radical (unpaired) electrons. The van der Waals surface area contributed by atoms with Gasteiger partial charge in [-0.15, -0.1) is 11.6 Å². The molecule has 5 heteroatoms. The number of halogens is 2. The quantitative estimate of drug-likeness (QED) is 0.854. The highest BCUT2D eigenvalue weighted by Crippen LogP contribution is 2.16. The molecule has 2 rings (SSSR count). The Balaban J connectivity index is 2.34. The van der Waals surface area contributed by atoms with Gasteiger partial charge in [-0.1, -0.05) is 0 Å². The molecule has 0 aliphatic carbocycles. The third-order valence-corrected chi connectivity index (χ3v) is 2.50. The molecule has 0 atom stereocenters. The van der Waals surface area contributed by atoms with Crippen molar-refractivity contribution < 1.29 is 0 Å². The van der Waals surface area contributed by atoms with Crippen LogP contribution in [0.4, 0.5) is 0 Å². The van der Waals surface area contributed by atoms with Crippen molar-refractivity contribution in [1.29, 1.82) is 0 Å². The van der Waals surface area contributed by atoms with Crippen molar-refractivity contribution in [3.8, 4) is 11.5 Å². The summed E-state index contributed by atoms with van der Waals surface area (Å²) in [5.74, 6) is 1.18. The lowest BCUT2D eigenvalue weighted by atomic mass is 10.3. The number of nitrogens with zero attached hydrogens (tertiary/aromatic N) is 2. The van der Waals surface area contributed by atoms with Crippen molar-refractivity contribution in [2.24, 2.45) is 0 Å². The van der Waals surface area contributed by atoms with Crippen molar-refractivity contribution in [1.82, 2.24) is 15.0 Å². The third-order valence-electron chi connectivity index (χ3n) is 1.74. The van der Waals surface area contributed by atoms with Gasteiger partial charge in [-0.05, 0) is 28.1 Å². The van der Waals surface area contributed by atoms with Crippen LogP contribution in [0.2, 0.25) is 0 Å². The van der Waals surface area contributed by atoms with Crippen molar-refractivity contribution >= 4 is 27.5 Å². The van der Waals surface area contributed by atoms with Gasteiger partial charge in [0.2, 0.25) is 0 Å². The third kappa shape index (κ3) is 1.96. The molecule has 1 N–H and O–H groups in total. The van der Waals surface area contributed by atoms with Gasteiger partial charge in [-0.2, -0.15) is 0 Å². The van der Waals surface area contributed by atoms with E-state index in [0.29, 0.717) is 5.88 Å². The summed E-state index contributed by atoms with van der Waals surface area (Å²) in [5, 5.41) is 0. The van der Waals surface area contributed by atoms with Crippen LogP contribution < -0.4 is 0 Å². The molecular formula is C9H7BrClN3. The van der Waals surface area contributed by atoms with E-state index in [9.17, 15) is 0 Å². The van der Waals surface area contributed by atoms with Gasteiger partial charge in [0.25, 0.3) is 0 Å². The molecule has 0 unspecified atom stereocenters. The molecule has 0 fully saturated rings. The Hall–Kier alpha value is -0.870. The highest BCUT2D eigenvalue weighted by Gasteiger charge is 2.03. The second-order valence-corrected chi connectivity index (χ2v) is 3.94. The molecule has 0 aliphatic rings. The van der Waals surface area contributed by atoms with Crippen LogP contribution >= 0.6 is 27.5 Å². The Bertz CT molecular complexity index is 424. The van der Waals surface area contributed by atoms with Crippen LogP contribution in [0.25, 0.3) is 11.5 Å². The fourth-order valence-electron chi connectivity index (χ4n) is 1.07. The van der Waals surface area contributed by atoms with E-state index in [4.69, 9.17) is 11.6 Å².